The van der Waals surface area contributed by atoms with Crippen LogP contribution in [0.1, 0.15) is 44.9 Å². The first-order chi connectivity index (χ1) is 7.53. The van der Waals surface area contributed by atoms with E-state index in [1.165, 1.54) is 6.07 Å². The van der Waals surface area contributed by atoms with E-state index >= 15 is 0 Å². The first-order valence-corrected chi connectivity index (χ1v) is 3.55. The van der Waals surface area contributed by atoms with Crippen LogP contribution in [-0.4, -0.2) is 4.98 Å². The number of aryl methyl sites for hydroxylation is 2. The minimum absolute atomic E-state index is 0.0106. The van der Waals surface area contributed by atoms with Gasteiger partial charge in [-0.15, -0.1) is 0 Å². The second kappa shape index (κ2) is 3.04. The minimum atomic E-state index is -2.39. The van der Waals surface area contributed by atoms with Crippen molar-refractivity contribution in [1.29, 1.82) is 0 Å². The molecular formula is C10H15N. The maximum atomic E-state index is 7.40. The van der Waals surface area contributed by atoms with Crippen molar-refractivity contribution in [3.05, 3.63) is 29.1 Å². The molecule has 1 heterocycles. The van der Waals surface area contributed by atoms with Crippen molar-refractivity contribution < 1.29 is 8.22 Å². The molecule has 0 fully saturated rings. The fraction of sp³-hybridized carbons (Fsp3) is 0.500. The highest BCUT2D eigenvalue weighted by molar-refractivity contribution is 5.24. The normalized spacial score (nSPS) is 21.0. The first kappa shape index (κ1) is 3.26. The van der Waals surface area contributed by atoms with Crippen LogP contribution >= 0.6 is 0 Å². The Kier molecular flexibility index (Phi) is 0.899. The number of pyridine rings is 1. The van der Waals surface area contributed by atoms with Crippen LogP contribution in [0.4, 0.5) is 0 Å². The van der Waals surface area contributed by atoms with E-state index in [1.54, 1.807) is 6.07 Å². The molecule has 11 heavy (non-hydrogen) atoms. The molecule has 0 radical (unpaired) electrons. The fourth-order valence-corrected chi connectivity index (χ4v) is 0.936. The quantitative estimate of drug-likeness (QED) is 0.607. The number of hydrogen-bond acceptors (Lipinski definition) is 1. The van der Waals surface area contributed by atoms with Gasteiger partial charge in [0.1, 0.15) is 0 Å². The zero-order valence-electron chi connectivity index (χ0n) is 12.7. The summed E-state index contributed by atoms with van der Waals surface area (Å²) in [6.45, 7) is -1.07. The van der Waals surface area contributed by atoms with Crippen molar-refractivity contribution in [2.45, 2.75) is 33.5 Å². The molecule has 0 aliphatic carbocycles. The summed E-state index contributed by atoms with van der Waals surface area (Å²) in [6.07, 6.45) is 0. The van der Waals surface area contributed by atoms with Gasteiger partial charge in [-0.1, -0.05) is 19.9 Å². The maximum Gasteiger partial charge on any atom is 0.0410 e. The fourth-order valence-electron chi connectivity index (χ4n) is 0.936. The summed E-state index contributed by atoms with van der Waals surface area (Å²) in [4.78, 5) is 3.81. The largest absolute Gasteiger partial charge is 0.258 e. The Morgan fingerprint density at radius 2 is 2.18 bits per heavy atom. The van der Waals surface area contributed by atoms with Gasteiger partial charge in [0.15, 0.2) is 0 Å². The van der Waals surface area contributed by atoms with E-state index in [4.69, 9.17) is 8.22 Å². The molecule has 1 nitrogen and oxygen atoms in total. The lowest BCUT2D eigenvalue weighted by molar-refractivity contribution is 0.839. The second-order valence-electron chi connectivity index (χ2n) is 2.79. The van der Waals surface area contributed by atoms with E-state index in [9.17, 15) is 0 Å². The van der Waals surface area contributed by atoms with Crippen LogP contribution in [0.5, 0.6) is 0 Å². The van der Waals surface area contributed by atoms with E-state index < -0.39 is 13.7 Å². The highest BCUT2D eigenvalue weighted by Gasteiger charge is 2.02. The third kappa shape index (κ3) is 1.79. The maximum absolute atomic E-state index is 7.40. The number of nitrogens with zero attached hydrogens (tertiary/aromatic N) is 1. The van der Waals surface area contributed by atoms with Gasteiger partial charge in [-0.3, -0.25) is 4.98 Å². The van der Waals surface area contributed by atoms with Gasteiger partial charge >= 0.3 is 0 Å². The van der Waals surface area contributed by atoms with Crippen molar-refractivity contribution in [2.75, 3.05) is 0 Å². The first-order valence-electron chi connectivity index (χ1n) is 6.55. The molecule has 0 atom stereocenters. The highest BCUT2D eigenvalue weighted by atomic mass is 14.7. The molecule has 0 bridgehead atoms. The molecule has 0 saturated heterocycles. The predicted molar refractivity (Wildman–Crippen MR) is 47.8 cm³/mol. The smallest absolute Gasteiger partial charge is 0.0410 e. The molecule has 0 aliphatic rings. The van der Waals surface area contributed by atoms with Crippen LogP contribution in [-0.2, 0) is 0 Å². The molecule has 1 rings (SSSR count). The van der Waals surface area contributed by atoms with Crippen molar-refractivity contribution in [2.24, 2.45) is 0 Å². The van der Waals surface area contributed by atoms with E-state index in [0.717, 1.165) is 0 Å². The summed E-state index contributed by atoms with van der Waals surface area (Å²) in [6, 6.07) is 2.92. The molecule has 60 valence electrons. The Labute approximate surface area is 76.9 Å². The standard InChI is InChI=1S/C10H15N/c1-7(2)10-6-5-8(3)11-9(10)4/h5-7H,1-4H3/i3D3,4D3. The number of aromatic nitrogens is 1. The molecule has 0 unspecified atom stereocenters. The third-order valence-corrected chi connectivity index (χ3v) is 1.55. The van der Waals surface area contributed by atoms with Gasteiger partial charge in [-0.25, -0.2) is 0 Å². The molecule has 0 aliphatic heterocycles. The summed E-state index contributed by atoms with van der Waals surface area (Å²) in [5.41, 5.74) is 0.284. The lowest BCUT2D eigenvalue weighted by Gasteiger charge is -2.08. The van der Waals surface area contributed by atoms with Crippen LogP contribution in [0.2, 0.25) is 0 Å². The summed E-state index contributed by atoms with van der Waals surface area (Å²) >= 11 is 0. The third-order valence-electron chi connectivity index (χ3n) is 1.55. The Morgan fingerprint density at radius 3 is 2.73 bits per heavy atom. The topological polar surface area (TPSA) is 12.9 Å². The van der Waals surface area contributed by atoms with Gasteiger partial charge < -0.3 is 0 Å². The summed E-state index contributed by atoms with van der Waals surface area (Å²) in [7, 11) is 0. The molecule has 1 aromatic rings. The number of hydrogen-bond donors (Lipinski definition) is 0. The Hall–Kier alpha value is -0.850. The monoisotopic (exact) mass is 155 g/mol. The Balaban J connectivity index is 3.41. The lowest BCUT2D eigenvalue weighted by atomic mass is 10.0. The van der Waals surface area contributed by atoms with Crippen molar-refractivity contribution in [1.82, 2.24) is 4.98 Å². The molecular weight excluding hydrogens is 134 g/mol. The lowest BCUT2D eigenvalue weighted by Crippen LogP contribution is -1.95. The van der Waals surface area contributed by atoms with Gasteiger partial charge in [-0.2, -0.15) is 0 Å². The SMILES string of the molecule is [2H]C([2H])([2H])c1ccc(C(C)C)c(C([2H])([2H])[2H])n1. The predicted octanol–water partition coefficient (Wildman–Crippen LogP) is 2.82. The average molecular weight is 155 g/mol. The molecule has 1 heteroatoms. The summed E-state index contributed by atoms with van der Waals surface area (Å²) < 4.78 is 43.9. The highest BCUT2D eigenvalue weighted by Crippen LogP contribution is 2.16. The molecule has 0 N–H and O–H groups in total. The molecule has 1 aromatic heterocycles. The van der Waals surface area contributed by atoms with Gasteiger partial charge in [0.2, 0.25) is 0 Å². The van der Waals surface area contributed by atoms with E-state index in [0.29, 0.717) is 5.56 Å². The van der Waals surface area contributed by atoms with Crippen LogP contribution in [0.15, 0.2) is 12.1 Å². The average Bonchev–Trinajstić information content (AvgIpc) is 2.14. The second-order valence-corrected chi connectivity index (χ2v) is 2.79. The van der Waals surface area contributed by atoms with E-state index in [2.05, 4.69) is 4.98 Å². The van der Waals surface area contributed by atoms with Gasteiger partial charge in [0, 0.05) is 19.6 Å². The van der Waals surface area contributed by atoms with E-state index in [1.807, 2.05) is 13.8 Å². The summed E-state index contributed by atoms with van der Waals surface area (Å²) in [5.74, 6) is -0.0106. The zero-order chi connectivity index (χ0) is 13.4. The van der Waals surface area contributed by atoms with Crippen LogP contribution in [0, 0.1) is 13.7 Å². The van der Waals surface area contributed by atoms with E-state index in [-0.39, 0.29) is 17.3 Å². The van der Waals surface area contributed by atoms with Crippen LogP contribution in [0.3, 0.4) is 0 Å². The van der Waals surface area contributed by atoms with Crippen molar-refractivity contribution in [3.63, 3.8) is 0 Å². The van der Waals surface area contributed by atoms with Gasteiger partial charge in [-0.05, 0) is 31.3 Å². The number of rotatable bonds is 1. The molecule has 0 aromatic carbocycles. The Bertz CT molecular complexity index is 404. The summed E-state index contributed by atoms with van der Waals surface area (Å²) in [5, 5.41) is 0. The molecule has 0 spiro atoms. The van der Waals surface area contributed by atoms with Crippen molar-refractivity contribution in [3.8, 4) is 0 Å². The van der Waals surface area contributed by atoms with Gasteiger partial charge in [0.25, 0.3) is 0 Å². The van der Waals surface area contributed by atoms with Crippen molar-refractivity contribution >= 4 is 0 Å². The molecule has 0 amide bonds. The zero-order valence-corrected chi connectivity index (χ0v) is 6.68. The Morgan fingerprint density at radius 1 is 1.36 bits per heavy atom. The van der Waals surface area contributed by atoms with Crippen LogP contribution < -0.4 is 0 Å². The minimum Gasteiger partial charge on any atom is -0.258 e. The molecule has 0 saturated carbocycles. The van der Waals surface area contributed by atoms with Gasteiger partial charge in [0.05, 0.1) is 0 Å². The van der Waals surface area contributed by atoms with Crippen LogP contribution in [0.25, 0.3) is 0 Å².